The zero-order chi connectivity index (χ0) is 16.4. The lowest BCUT2D eigenvalue weighted by Crippen LogP contribution is -1.94. The summed E-state index contributed by atoms with van der Waals surface area (Å²) >= 11 is 7.43. The van der Waals surface area contributed by atoms with Crippen molar-refractivity contribution in [3.8, 4) is 11.4 Å². The minimum atomic E-state index is -0.476. The minimum absolute atomic E-state index is 0.0395. The molecule has 6 nitrogen and oxygen atoms in total. The fourth-order valence-corrected chi connectivity index (χ4v) is 3.11. The molecule has 0 amide bonds. The maximum absolute atomic E-state index is 10.8. The predicted octanol–water partition coefficient (Wildman–Crippen LogP) is 4.19. The summed E-state index contributed by atoms with van der Waals surface area (Å²) in [6.45, 7) is 0. The van der Waals surface area contributed by atoms with Crippen molar-refractivity contribution in [3.63, 3.8) is 0 Å². The number of nitro benzene ring substituents is 1. The molecule has 0 fully saturated rings. The highest BCUT2D eigenvalue weighted by Crippen LogP contribution is 2.35. The van der Waals surface area contributed by atoms with Crippen LogP contribution in [0, 0.1) is 10.1 Å². The van der Waals surface area contributed by atoms with Crippen molar-refractivity contribution in [3.05, 3.63) is 63.7 Å². The molecule has 0 spiro atoms. The number of halogens is 1. The van der Waals surface area contributed by atoms with Gasteiger partial charge in [-0.2, -0.15) is 0 Å². The Hall–Kier alpha value is -2.38. The zero-order valence-corrected chi connectivity index (χ0v) is 13.6. The van der Waals surface area contributed by atoms with Gasteiger partial charge in [0.2, 0.25) is 0 Å². The molecule has 8 heteroatoms. The van der Waals surface area contributed by atoms with Crippen molar-refractivity contribution in [1.29, 1.82) is 0 Å². The van der Waals surface area contributed by atoms with Crippen LogP contribution in [-0.2, 0) is 7.05 Å². The summed E-state index contributed by atoms with van der Waals surface area (Å²) in [5.41, 5.74) is 0.923. The monoisotopic (exact) mass is 346 g/mol. The lowest BCUT2D eigenvalue weighted by molar-refractivity contribution is -0.384. The highest BCUT2D eigenvalue weighted by Gasteiger charge is 2.15. The number of hydrogen-bond donors (Lipinski definition) is 0. The van der Waals surface area contributed by atoms with Crippen LogP contribution < -0.4 is 0 Å². The molecule has 0 unspecified atom stereocenters. The van der Waals surface area contributed by atoms with E-state index in [0.29, 0.717) is 15.1 Å². The first-order valence-corrected chi connectivity index (χ1v) is 7.82. The third-order valence-corrected chi connectivity index (χ3v) is 4.73. The van der Waals surface area contributed by atoms with E-state index in [9.17, 15) is 10.1 Å². The van der Waals surface area contributed by atoms with Gasteiger partial charge in [-0.3, -0.25) is 10.1 Å². The van der Waals surface area contributed by atoms with Gasteiger partial charge in [-0.1, -0.05) is 41.9 Å². The molecule has 0 aliphatic heterocycles. The Balaban J connectivity index is 1.90. The molecule has 0 radical (unpaired) electrons. The highest BCUT2D eigenvalue weighted by molar-refractivity contribution is 7.99. The van der Waals surface area contributed by atoms with Crippen molar-refractivity contribution in [2.24, 2.45) is 7.05 Å². The quantitative estimate of drug-likeness (QED) is 0.523. The molecule has 0 bridgehead atoms. The SMILES string of the molecule is Cn1c(Sc2ccc([N+](=O)[O-])cc2Cl)nnc1-c1ccccc1. The van der Waals surface area contributed by atoms with Gasteiger partial charge in [-0.05, 0) is 17.8 Å². The summed E-state index contributed by atoms with van der Waals surface area (Å²) in [5.74, 6) is 0.742. The maximum Gasteiger partial charge on any atom is 0.270 e. The van der Waals surface area contributed by atoms with E-state index < -0.39 is 4.92 Å². The van der Waals surface area contributed by atoms with Crippen LogP contribution in [0.3, 0.4) is 0 Å². The Morgan fingerprint density at radius 2 is 1.91 bits per heavy atom. The van der Waals surface area contributed by atoms with Gasteiger partial charge >= 0.3 is 0 Å². The number of nitro groups is 1. The number of benzene rings is 2. The Kier molecular flexibility index (Phi) is 4.31. The van der Waals surface area contributed by atoms with Crippen LogP contribution in [0.25, 0.3) is 11.4 Å². The largest absolute Gasteiger partial charge is 0.305 e. The smallest absolute Gasteiger partial charge is 0.270 e. The van der Waals surface area contributed by atoms with Crippen LogP contribution in [0.2, 0.25) is 5.02 Å². The fourth-order valence-electron chi connectivity index (χ4n) is 2.03. The van der Waals surface area contributed by atoms with Crippen molar-refractivity contribution in [1.82, 2.24) is 14.8 Å². The lowest BCUT2D eigenvalue weighted by atomic mass is 10.2. The standard InChI is InChI=1S/C15H11ClN4O2S/c1-19-14(10-5-3-2-4-6-10)17-18-15(19)23-13-8-7-11(20(21)22)9-12(13)16/h2-9H,1H3. The number of hydrogen-bond acceptors (Lipinski definition) is 5. The van der Waals surface area contributed by atoms with E-state index in [2.05, 4.69) is 10.2 Å². The Labute approximate surface area is 141 Å². The summed E-state index contributed by atoms with van der Waals surface area (Å²) in [6, 6.07) is 14.1. The van der Waals surface area contributed by atoms with Crippen LogP contribution in [0.1, 0.15) is 0 Å². The van der Waals surface area contributed by atoms with Crippen LogP contribution in [0.5, 0.6) is 0 Å². The van der Waals surface area contributed by atoms with Gasteiger partial charge in [0.15, 0.2) is 11.0 Å². The third kappa shape index (κ3) is 3.20. The van der Waals surface area contributed by atoms with Gasteiger partial charge in [0.25, 0.3) is 5.69 Å². The molecule has 0 saturated heterocycles. The van der Waals surface area contributed by atoms with Crippen LogP contribution in [0.4, 0.5) is 5.69 Å². The summed E-state index contributed by atoms with van der Waals surface area (Å²) in [7, 11) is 1.87. The molecule has 1 aromatic heterocycles. The van der Waals surface area contributed by atoms with E-state index in [1.54, 1.807) is 6.07 Å². The van der Waals surface area contributed by atoms with E-state index in [4.69, 9.17) is 11.6 Å². The highest BCUT2D eigenvalue weighted by atomic mass is 35.5. The Morgan fingerprint density at radius 3 is 2.57 bits per heavy atom. The number of aromatic nitrogens is 3. The van der Waals surface area contributed by atoms with Crippen molar-refractivity contribution in [2.45, 2.75) is 10.1 Å². The molecule has 3 rings (SSSR count). The third-order valence-electron chi connectivity index (χ3n) is 3.19. The first-order valence-electron chi connectivity index (χ1n) is 6.63. The average Bonchev–Trinajstić information content (AvgIpc) is 2.91. The zero-order valence-electron chi connectivity index (χ0n) is 12.0. The van der Waals surface area contributed by atoms with Crippen LogP contribution in [-0.4, -0.2) is 19.7 Å². The summed E-state index contributed by atoms with van der Waals surface area (Å²) in [5, 5.41) is 20.1. The number of nitrogens with zero attached hydrogens (tertiary/aromatic N) is 4. The lowest BCUT2D eigenvalue weighted by Gasteiger charge is -2.05. The van der Waals surface area contributed by atoms with Gasteiger partial charge in [0.05, 0.1) is 9.95 Å². The minimum Gasteiger partial charge on any atom is -0.305 e. The van der Waals surface area contributed by atoms with E-state index in [-0.39, 0.29) is 5.69 Å². The second-order valence-corrected chi connectivity index (χ2v) is 6.12. The molecule has 0 atom stereocenters. The van der Waals surface area contributed by atoms with E-state index >= 15 is 0 Å². The Morgan fingerprint density at radius 1 is 1.17 bits per heavy atom. The molecule has 0 aliphatic carbocycles. The van der Waals surface area contributed by atoms with Crippen molar-refractivity contribution in [2.75, 3.05) is 0 Å². The normalized spacial score (nSPS) is 10.7. The summed E-state index contributed by atoms with van der Waals surface area (Å²) in [6.07, 6.45) is 0. The van der Waals surface area contributed by atoms with E-state index in [0.717, 1.165) is 11.4 Å². The number of rotatable bonds is 4. The molecule has 0 N–H and O–H groups in total. The molecule has 23 heavy (non-hydrogen) atoms. The maximum atomic E-state index is 10.8. The average molecular weight is 347 g/mol. The number of non-ortho nitro benzene ring substituents is 1. The molecule has 0 aliphatic rings. The predicted molar refractivity (Wildman–Crippen MR) is 88.7 cm³/mol. The molecule has 2 aromatic carbocycles. The molecule has 1 heterocycles. The second kappa shape index (κ2) is 6.39. The second-order valence-electron chi connectivity index (χ2n) is 4.71. The van der Waals surface area contributed by atoms with Gasteiger partial charge < -0.3 is 4.57 Å². The molecular formula is C15H11ClN4O2S. The summed E-state index contributed by atoms with van der Waals surface area (Å²) < 4.78 is 1.86. The van der Waals surface area contributed by atoms with Gasteiger partial charge in [0, 0.05) is 29.6 Å². The topological polar surface area (TPSA) is 73.8 Å². The van der Waals surface area contributed by atoms with E-state index in [1.807, 2.05) is 41.9 Å². The van der Waals surface area contributed by atoms with Crippen molar-refractivity contribution >= 4 is 29.1 Å². The van der Waals surface area contributed by atoms with Gasteiger partial charge in [0.1, 0.15) is 0 Å². The molecular weight excluding hydrogens is 336 g/mol. The first-order chi connectivity index (χ1) is 11.1. The van der Waals surface area contributed by atoms with Gasteiger partial charge in [-0.15, -0.1) is 10.2 Å². The van der Waals surface area contributed by atoms with Crippen LogP contribution >= 0.6 is 23.4 Å². The summed E-state index contributed by atoms with van der Waals surface area (Å²) in [4.78, 5) is 11.0. The van der Waals surface area contributed by atoms with Crippen molar-refractivity contribution < 1.29 is 4.92 Å². The van der Waals surface area contributed by atoms with E-state index in [1.165, 1.54) is 23.9 Å². The van der Waals surface area contributed by atoms with Gasteiger partial charge in [-0.25, -0.2) is 0 Å². The molecule has 3 aromatic rings. The molecule has 0 saturated carbocycles. The fraction of sp³-hybridized carbons (Fsp3) is 0.0667. The Bertz CT molecular complexity index is 867. The first kappa shape index (κ1) is 15.5. The van der Waals surface area contributed by atoms with Crippen LogP contribution in [0.15, 0.2) is 58.6 Å². The molecule has 116 valence electrons.